The standard InChI is InChI=1S/C12H17F3N2O/c1-7(2)17-9-4-5-11(3,18)6-8(9)10(16-17)12(13,14)15/h7,18H,4-6H2,1-3H3. The Labute approximate surface area is 104 Å². The van der Waals surface area contributed by atoms with E-state index in [9.17, 15) is 18.3 Å². The molecule has 1 atom stereocenters. The average molecular weight is 262 g/mol. The first kappa shape index (κ1) is 13.4. The van der Waals surface area contributed by atoms with Gasteiger partial charge in [-0.2, -0.15) is 18.3 Å². The van der Waals surface area contributed by atoms with E-state index >= 15 is 0 Å². The monoisotopic (exact) mass is 262 g/mol. The highest BCUT2D eigenvalue weighted by molar-refractivity contribution is 5.33. The highest BCUT2D eigenvalue weighted by Crippen LogP contribution is 2.39. The molecule has 0 saturated carbocycles. The van der Waals surface area contributed by atoms with Gasteiger partial charge >= 0.3 is 6.18 Å². The zero-order valence-electron chi connectivity index (χ0n) is 10.7. The fourth-order valence-corrected chi connectivity index (χ4v) is 2.47. The second-order valence-electron chi connectivity index (χ2n) is 5.48. The minimum atomic E-state index is -4.46. The van der Waals surface area contributed by atoms with Crippen LogP contribution < -0.4 is 0 Å². The van der Waals surface area contributed by atoms with Gasteiger partial charge < -0.3 is 5.11 Å². The van der Waals surface area contributed by atoms with Crippen LogP contribution in [0.5, 0.6) is 0 Å². The van der Waals surface area contributed by atoms with Gasteiger partial charge in [0.15, 0.2) is 5.69 Å². The van der Waals surface area contributed by atoms with Crippen LogP contribution in [-0.4, -0.2) is 20.5 Å². The van der Waals surface area contributed by atoms with Gasteiger partial charge in [-0.3, -0.25) is 4.68 Å². The van der Waals surface area contributed by atoms with Crippen molar-refractivity contribution < 1.29 is 18.3 Å². The predicted octanol–water partition coefficient (Wildman–Crippen LogP) is 2.72. The molecule has 0 radical (unpaired) electrons. The molecule has 0 spiro atoms. The molecule has 0 aromatic carbocycles. The van der Waals surface area contributed by atoms with E-state index in [0.717, 1.165) is 0 Å². The van der Waals surface area contributed by atoms with E-state index in [2.05, 4.69) is 5.10 Å². The summed E-state index contributed by atoms with van der Waals surface area (Å²) in [6.45, 7) is 5.18. The normalized spacial score (nSPS) is 24.4. The third kappa shape index (κ3) is 2.25. The van der Waals surface area contributed by atoms with Crippen molar-refractivity contribution in [3.8, 4) is 0 Å². The van der Waals surface area contributed by atoms with Gasteiger partial charge in [0, 0.05) is 23.7 Å². The maximum atomic E-state index is 12.9. The van der Waals surface area contributed by atoms with Crippen molar-refractivity contribution in [1.82, 2.24) is 9.78 Å². The van der Waals surface area contributed by atoms with E-state index in [4.69, 9.17) is 0 Å². The molecule has 0 saturated heterocycles. The van der Waals surface area contributed by atoms with E-state index in [1.165, 1.54) is 4.68 Å². The lowest BCUT2D eigenvalue weighted by atomic mass is 9.84. The van der Waals surface area contributed by atoms with Crippen LogP contribution in [-0.2, 0) is 19.0 Å². The van der Waals surface area contributed by atoms with Gasteiger partial charge in [0.1, 0.15) is 0 Å². The minimum absolute atomic E-state index is 0.0178. The quantitative estimate of drug-likeness (QED) is 0.845. The molecule has 1 aliphatic carbocycles. The number of aromatic nitrogens is 2. The number of aliphatic hydroxyl groups is 1. The van der Waals surface area contributed by atoms with Crippen LogP contribution >= 0.6 is 0 Å². The highest BCUT2D eigenvalue weighted by Gasteiger charge is 2.43. The Morgan fingerprint density at radius 1 is 1.39 bits per heavy atom. The molecule has 1 heterocycles. The summed E-state index contributed by atoms with van der Waals surface area (Å²) in [4.78, 5) is 0. The molecular weight excluding hydrogens is 245 g/mol. The van der Waals surface area contributed by atoms with Crippen molar-refractivity contribution in [3.63, 3.8) is 0 Å². The van der Waals surface area contributed by atoms with Gasteiger partial charge in [0.25, 0.3) is 0 Å². The summed E-state index contributed by atoms with van der Waals surface area (Å²) in [5, 5.41) is 13.7. The Balaban J connectivity index is 2.57. The number of hydrogen-bond donors (Lipinski definition) is 1. The van der Waals surface area contributed by atoms with Crippen molar-refractivity contribution in [2.75, 3.05) is 0 Å². The van der Waals surface area contributed by atoms with Gasteiger partial charge in [0.2, 0.25) is 0 Å². The molecule has 2 rings (SSSR count). The summed E-state index contributed by atoms with van der Waals surface area (Å²) in [5.74, 6) is 0. The molecule has 1 unspecified atom stereocenters. The molecule has 102 valence electrons. The van der Waals surface area contributed by atoms with Crippen molar-refractivity contribution >= 4 is 0 Å². The molecule has 0 bridgehead atoms. The Morgan fingerprint density at radius 2 is 2.00 bits per heavy atom. The Morgan fingerprint density at radius 3 is 2.50 bits per heavy atom. The first-order valence-electron chi connectivity index (χ1n) is 6.01. The Bertz CT molecular complexity index is 461. The number of halogens is 3. The number of alkyl halides is 3. The zero-order chi connectivity index (χ0) is 13.7. The molecule has 0 amide bonds. The van der Waals surface area contributed by atoms with Crippen molar-refractivity contribution in [2.45, 2.75) is 57.9 Å². The molecule has 1 N–H and O–H groups in total. The van der Waals surface area contributed by atoms with E-state index in [0.29, 0.717) is 18.5 Å². The summed E-state index contributed by atoms with van der Waals surface area (Å²) < 4.78 is 40.3. The van der Waals surface area contributed by atoms with E-state index in [-0.39, 0.29) is 18.0 Å². The van der Waals surface area contributed by atoms with Crippen LogP contribution in [0.1, 0.15) is 50.2 Å². The van der Waals surface area contributed by atoms with Crippen molar-refractivity contribution in [2.24, 2.45) is 0 Å². The van der Waals surface area contributed by atoms with Gasteiger partial charge in [-0.25, -0.2) is 0 Å². The topological polar surface area (TPSA) is 38.0 Å². The van der Waals surface area contributed by atoms with Crippen LogP contribution in [0, 0.1) is 0 Å². The lowest BCUT2D eigenvalue weighted by molar-refractivity contribution is -0.142. The van der Waals surface area contributed by atoms with Crippen LogP contribution in [0.25, 0.3) is 0 Å². The summed E-state index contributed by atoms with van der Waals surface area (Å²) >= 11 is 0. The first-order chi connectivity index (χ1) is 8.12. The number of hydrogen-bond acceptors (Lipinski definition) is 2. The molecule has 1 aliphatic rings. The molecule has 3 nitrogen and oxygen atoms in total. The highest BCUT2D eigenvalue weighted by atomic mass is 19.4. The Kier molecular flexibility index (Phi) is 2.96. The summed E-state index contributed by atoms with van der Waals surface area (Å²) in [6, 6.07) is -0.113. The second-order valence-corrected chi connectivity index (χ2v) is 5.48. The molecular formula is C12H17F3N2O. The third-order valence-corrected chi connectivity index (χ3v) is 3.33. The molecule has 1 aromatic heterocycles. The van der Waals surface area contributed by atoms with Gasteiger partial charge in [0.05, 0.1) is 5.60 Å². The molecule has 0 aliphatic heterocycles. The first-order valence-corrected chi connectivity index (χ1v) is 6.01. The predicted molar refractivity (Wildman–Crippen MR) is 60.3 cm³/mol. The van der Waals surface area contributed by atoms with Crippen LogP contribution in [0.2, 0.25) is 0 Å². The molecule has 1 aromatic rings. The molecule has 6 heteroatoms. The van der Waals surface area contributed by atoms with Gasteiger partial charge in [-0.15, -0.1) is 0 Å². The largest absolute Gasteiger partial charge is 0.435 e. The second kappa shape index (κ2) is 3.98. The fraction of sp³-hybridized carbons (Fsp3) is 0.750. The molecule has 18 heavy (non-hydrogen) atoms. The number of nitrogens with zero attached hydrogens (tertiary/aromatic N) is 2. The maximum absolute atomic E-state index is 12.9. The number of rotatable bonds is 1. The van der Waals surface area contributed by atoms with E-state index in [1.54, 1.807) is 20.8 Å². The van der Waals surface area contributed by atoms with E-state index < -0.39 is 17.5 Å². The lowest BCUT2D eigenvalue weighted by Gasteiger charge is -2.29. The summed E-state index contributed by atoms with van der Waals surface area (Å²) in [6.07, 6.45) is -3.54. The van der Waals surface area contributed by atoms with Crippen molar-refractivity contribution in [3.05, 3.63) is 17.0 Å². The number of fused-ring (bicyclic) bond motifs is 1. The van der Waals surface area contributed by atoms with Crippen LogP contribution in [0.4, 0.5) is 13.2 Å². The smallest absolute Gasteiger partial charge is 0.390 e. The summed E-state index contributed by atoms with van der Waals surface area (Å²) in [5.41, 5.74) is -1.14. The van der Waals surface area contributed by atoms with Crippen LogP contribution in [0.15, 0.2) is 0 Å². The van der Waals surface area contributed by atoms with Gasteiger partial charge in [-0.1, -0.05) is 0 Å². The summed E-state index contributed by atoms with van der Waals surface area (Å²) in [7, 11) is 0. The fourth-order valence-electron chi connectivity index (χ4n) is 2.47. The van der Waals surface area contributed by atoms with Crippen molar-refractivity contribution in [1.29, 1.82) is 0 Å². The van der Waals surface area contributed by atoms with Crippen LogP contribution in [0.3, 0.4) is 0 Å². The van der Waals surface area contributed by atoms with E-state index in [1.807, 2.05) is 0 Å². The maximum Gasteiger partial charge on any atom is 0.435 e. The average Bonchev–Trinajstić information content (AvgIpc) is 2.53. The minimum Gasteiger partial charge on any atom is -0.390 e. The zero-order valence-corrected chi connectivity index (χ0v) is 10.7. The third-order valence-electron chi connectivity index (χ3n) is 3.33. The molecule has 0 fully saturated rings. The Hall–Kier alpha value is -1.04. The lowest BCUT2D eigenvalue weighted by Crippen LogP contribution is -2.33. The van der Waals surface area contributed by atoms with Gasteiger partial charge in [-0.05, 0) is 33.6 Å². The SMILES string of the molecule is CC(C)n1nc(C(F)(F)F)c2c1CCC(C)(O)C2.